The largest absolute Gasteiger partial charge is 0.411 e. The van der Waals surface area contributed by atoms with E-state index in [0.29, 0.717) is 35.9 Å². The molecule has 4 rings (SSSR count). The fraction of sp³-hybridized carbons (Fsp3) is 0.318. The number of benzene rings is 2. The summed E-state index contributed by atoms with van der Waals surface area (Å²) in [6.07, 6.45) is 0. The van der Waals surface area contributed by atoms with Crippen LogP contribution in [0, 0.1) is 5.82 Å². The molecular weight excluding hydrogens is 455 g/mol. The van der Waals surface area contributed by atoms with Crippen LogP contribution in [0.15, 0.2) is 58.2 Å². The molecule has 1 unspecified atom stereocenters. The fourth-order valence-electron chi connectivity index (χ4n) is 3.40. The standard InChI is InChI=1S/C22H22ClFN4O3S/c23-17-5-1-16(2-6-17)21-26-27-22(31-21)32-14-20(29)25-13-19(28-9-11-30-12-10-28)15-3-7-18(24)8-4-15/h1-8,19H,9-14H2,(H,25,29). The highest BCUT2D eigenvalue weighted by Gasteiger charge is 2.23. The summed E-state index contributed by atoms with van der Waals surface area (Å²) in [7, 11) is 0. The maximum atomic E-state index is 13.4. The van der Waals surface area contributed by atoms with Gasteiger partial charge in [0.15, 0.2) is 0 Å². The highest BCUT2D eigenvalue weighted by molar-refractivity contribution is 7.99. The van der Waals surface area contributed by atoms with Crippen LogP contribution in [0.5, 0.6) is 0 Å². The molecule has 2 heterocycles. The van der Waals surface area contributed by atoms with Gasteiger partial charge in [-0.05, 0) is 42.0 Å². The van der Waals surface area contributed by atoms with Crippen molar-refractivity contribution in [3.8, 4) is 11.5 Å². The molecule has 1 aliphatic heterocycles. The van der Waals surface area contributed by atoms with E-state index in [0.717, 1.165) is 24.2 Å². The maximum absolute atomic E-state index is 13.4. The van der Waals surface area contributed by atoms with E-state index in [4.69, 9.17) is 20.8 Å². The molecule has 7 nitrogen and oxygen atoms in total. The van der Waals surface area contributed by atoms with E-state index in [1.807, 2.05) is 0 Å². The molecule has 0 radical (unpaired) electrons. The topological polar surface area (TPSA) is 80.5 Å². The first kappa shape index (κ1) is 22.7. The Balaban J connectivity index is 1.32. The molecule has 32 heavy (non-hydrogen) atoms. The lowest BCUT2D eigenvalue weighted by Crippen LogP contribution is -2.44. The van der Waals surface area contributed by atoms with Crippen molar-refractivity contribution < 1.29 is 18.3 Å². The van der Waals surface area contributed by atoms with E-state index >= 15 is 0 Å². The summed E-state index contributed by atoms with van der Waals surface area (Å²) in [5.41, 5.74) is 1.71. The number of hydrogen-bond donors (Lipinski definition) is 1. The normalized spacial score (nSPS) is 15.4. The fourth-order valence-corrected chi connectivity index (χ4v) is 4.12. The first-order chi connectivity index (χ1) is 15.6. The molecule has 1 aromatic heterocycles. The van der Waals surface area contributed by atoms with Crippen LogP contribution in [0.1, 0.15) is 11.6 Å². The van der Waals surface area contributed by atoms with E-state index in [-0.39, 0.29) is 23.5 Å². The van der Waals surface area contributed by atoms with Crippen molar-refractivity contribution in [2.75, 3.05) is 38.6 Å². The van der Waals surface area contributed by atoms with Gasteiger partial charge in [0.2, 0.25) is 11.8 Å². The number of carbonyl (C=O) groups excluding carboxylic acids is 1. The van der Waals surface area contributed by atoms with E-state index < -0.39 is 0 Å². The number of ether oxygens (including phenoxy) is 1. The average molecular weight is 477 g/mol. The van der Waals surface area contributed by atoms with Gasteiger partial charge in [-0.3, -0.25) is 9.69 Å². The van der Waals surface area contributed by atoms with Crippen LogP contribution in [0.3, 0.4) is 0 Å². The predicted molar refractivity (Wildman–Crippen MR) is 120 cm³/mol. The molecule has 1 aliphatic rings. The zero-order chi connectivity index (χ0) is 22.3. The Morgan fingerprint density at radius 3 is 2.56 bits per heavy atom. The van der Waals surface area contributed by atoms with Crippen LogP contribution in [-0.4, -0.2) is 59.6 Å². The minimum Gasteiger partial charge on any atom is -0.411 e. The second-order valence-corrected chi connectivity index (χ2v) is 8.55. The minimum atomic E-state index is -0.285. The van der Waals surface area contributed by atoms with Crippen LogP contribution in [0.2, 0.25) is 5.02 Å². The summed E-state index contributed by atoms with van der Waals surface area (Å²) in [4.78, 5) is 14.7. The number of amides is 1. The molecular formula is C22H22ClFN4O3S. The summed E-state index contributed by atoms with van der Waals surface area (Å²) in [6, 6.07) is 13.4. The molecule has 0 saturated carbocycles. The number of halogens is 2. The Kier molecular flexibility index (Phi) is 7.75. The van der Waals surface area contributed by atoms with E-state index in [1.165, 1.54) is 23.9 Å². The van der Waals surface area contributed by atoms with E-state index in [9.17, 15) is 9.18 Å². The first-order valence-corrected chi connectivity index (χ1v) is 11.5. The van der Waals surface area contributed by atoms with Crippen molar-refractivity contribution >= 4 is 29.3 Å². The number of thioether (sulfide) groups is 1. The molecule has 3 aromatic rings. The molecule has 0 aliphatic carbocycles. The van der Waals surface area contributed by atoms with Gasteiger partial charge >= 0.3 is 0 Å². The Hall–Kier alpha value is -2.46. The van der Waals surface area contributed by atoms with Crippen molar-refractivity contribution in [3.05, 3.63) is 64.9 Å². The zero-order valence-corrected chi connectivity index (χ0v) is 18.7. The molecule has 1 N–H and O–H groups in total. The summed E-state index contributed by atoms with van der Waals surface area (Å²) >= 11 is 7.07. The van der Waals surface area contributed by atoms with Gasteiger partial charge in [0.1, 0.15) is 5.82 Å². The maximum Gasteiger partial charge on any atom is 0.277 e. The lowest BCUT2D eigenvalue weighted by Gasteiger charge is -2.35. The molecule has 1 amide bonds. The lowest BCUT2D eigenvalue weighted by molar-refractivity contribution is -0.118. The van der Waals surface area contributed by atoms with Gasteiger partial charge in [-0.15, -0.1) is 10.2 Å². The average Bonchev–Trinajstić information content (AvgIpc) is 3.29. The molecule has 0 spiro atoms. The van der Waals surface area contributed by atoms with E-state index in [1.54, 1.807) is 36.4 Å². The first-order valence-electron chi connectivity index (χ1n) is 10.1. The third-order valence-corrected chi connectivity index (χ3v) is 6.13. The third kappa shape index (κ3) is 6.07. The van der Waals surface area contributed by atoms with Gasteiger partial charge in [0.05, 0.1) is 25.0 Å². The van der Waals surface area contributed by atoms with Crippen molar-refractivity contribution in [1.29, 1.82) is 0 Å². The smallest absolute Gasteiger partial charge is 0.277 e. The monoisotopic (exact) mass is 476 g/mol. The van der Waals surface area contributed by atoms with Gasteiger partial charge in [0, 0.05) is 30.2 Å². The predicted octanol–water partition coefficient (Wildman–Crippen LogP) is 3.81. The molecule has 2 aromatic carbocycles. The Bertz CT molecular complexity index is 1030. The number of rotatable bonds is 8. The zero-order valence-electron chi connectivity index (χ0n) is 17.2. The second kappa shape index (κ2) is 10.9. The number of morpholine rings is 1. The second-order valence-electron chi connectivity index (χ2n) is 7.19. The SMILES string of the molecule is O=C(CSc1nnc(-c2ccc(Cl)cc2)o1)NCC(c1ccc(F)cc1)N1CCOCC1. The van der Waals surface area contributed by atoms with Crippen LogP contribution in [0.25, 0.3) is 11.5 Å². The van der Waals surface area contributed by atoms with Crippen LogP contribution in [0.4, 0.5) is 4.39 Å². The van der Waals surface area contributed by atoms with Crippen molar-refractivity contribution in [2.24, 2.45) is 0 Å². The van der Waals surface area contributed by atoms with Gasteiger partial charge in [-0.25, -0.2) is 4.39 Å². The van der Waals surface area contributed by atoms with Crippen LogP contribution < -0.4 is 5.32 Å². The molecule has 0 bridgehead atoms. The highest BCUT2D eigenvalue weighted by atomic mass is 35.5. The molecule has 1 saturated heterocycles. The molecule has 1 atom stereocenters. The van der Waals surface area contributed by atoms with Crippen molar-refractivity contribution in [3.63, 3.8) is 0 Å². The number of carbonyl (C=O) groups is 1. The Morgan fingerprint density at radius 2 is 1.84 bits per heavy atom. The van der Waals surface area contributed by atoms with Crippen molar-refractivity contribution in [2.45, 2.75) is 11.3 Å². The summed E-state index contributed by atoms with van der Waals surface area (Å²) < 4.78 is 24.4. The third-order valence-electron chi connectivity index (χ3n) is 5.06. The van der Waals surface area contributed by atoms with Gasteiger partial charge in [-0.1, -0.05) is 35.5 Å². The Morgan fingerprint density at radius 1 is 1.12 bits per heavy atom. The van der Waals surface area contributed by atoms with Gasteiger partial charge < -0.3 is 14.5 Å². The quantitative estimate of drug-likeness (QED) is 0.495. The lowest BCUT2D eigenvalue weighted by atomic mass is 10.0. The van der Waals surface area contributed by atoms with Crippen molar-refractivity contribution in [1.82, 2.24) is 20.4 Å². The van der Waals surface area contributed by atoms with E-state index in [2.05, 4.69) is 20.4 Å². The minimum absolute atomic E-state index is 0.0617. The summed E-state index contributed by atoms with van der Waals surface area (Å²) in [6.45, 7) is 3.18. The molecule has 168 valence electrons. The summed E-state index contributed by atoms with van der Waals surface area (Å²) in [5, 5.41) is 11.9. The number of nitrogens with one attached hydrogen (secondary N) is 1. The molecule has 10 heteroatoms. The number of hydrogen-bond acceptors (Lipinski definition) is 7. The van der Waals surface area contributed by atoms with Crippen LogP contribution >= 0.6 is 23.4 Å². The number of nitrogens with zero attached hydrogens (tertiary/aromatic N) is 3. The summed E-state index contributed by atoms with van der Waals surface area (Å²) in [5.74, 6) is 0.0731. The molecule has 1 fully saturated rings. The highest BCUT2D eigenvalue weighted by Crippen LogP contribution is 2.25. The van der Waals surface area contributed by atoms with Gasteiger partial charge in [0.25, 0.3) is 5.22 Å². The van der Waals surface area contributed by atoms with Crippen LogP contribution in [-0.2, 0) is 9.53 Å². The number of aromatic nitrogens is 2. The van der Waals surface area contributed by atoms with Gasteiger partial charge in [-0.2, -0.15) is 0 Å². The Labute approximate surface area is 194 Å².